The predicted molar refractivity (Wildman–Crippen MR) is 88.9 cm³/mol. The Balaban J connectivity index is 2.17. The van der Waals surface area contributed by atoms with E-state index >= 15 is 0 Å². The SMILES string of the molecule is O=C1C(=O)N(CCO)C(c2ccc(F)cc2)/C1=C(\O)c1ccc(F)cc1. The lowest BCUT2D eigenvalue weighted by atomic mass is 9.95. The summed E-state index contributed by atoms with van der Waals surface area (Å²) >= 11 is 0. The molecule has 0 bridgehead atoms. The molecule has 0 aromatic heterocycles. The van der Waals surface area contributed by atoms with E-state index in [4.69, 9.17) is 0 Å². The molecule has 1 atom stereocenters. The van der Waals surface area contributed by atoms with Crippen molar-refractivity contribution in [3.05, 3.63) is 76.9 Å². The fourth-order valence-corrected chi connectivity index (χ4v) is 2.97. The van der Waals surface area contributed by atoms with Gasteiger partial charge in [0.05, 0.1) is 18.2 Å². The third kappa shape index (κ3) is 3.09. The molecule has 2 aromatic carbocycles. The number of Topliss-reactive ketones (excluding diaryl/α,β-unsaturated/α-hetero) is 1. The number of benzene rings is 2. The summed E-state index contributed by atoms with van der Waals surface area (Å²) in [5.41, 5.74) is 0.380. The summed E-state index contributed by atoms with van der Waals surface area (Å²) in [5.74, 6) is -3.27. The van der Waals surface area contributed by atoms with E-state index in [1.165, 1.54) is 36.4 Å². The molecule has 0 saturated carbocycles. The van der Waals surface area contributed by atoms with Gasteiger partial charge < -0.3 is 15.1 Å². The summed E-state index contributed by atoms with van der Waals surface area (Å²) in [6, 6.07) is 8.96. The van der Waals surface area contributed by atoms with Gasteiger partial charge >= 0.3 is 0 Å². The predicted octanol–water partition coefficient (Wildman–Crippen LogP) is 2.38. The summed E-state index contributed by atoms with van der Waals surface area (Å²) in [6.07, 6.45) is 0. The molecule has 2 aromatic rings. The number of ketones is 1. The van der Waals surface area contributed by atoms with Gasteiger partial charge in [-0.2, -0.15) is 0 Å². The zero-order chi connectivity index (χ0) is 18.8. The molecule has 1 amide bonds. The van der Waals surface area contributed by atoms with E-state index in [9.17, 15) is 28.6 Å². The Morgan fingerprint density at radius 3 is 2.04 bits per heavy atom. The maximum absolute atomic E-state index is 13.2. The van der Waals surface area contributed by atoms with Crippen molar-refractivity contribution in [2.45, 2.75) is 6.04 Å². The molecule has 26 heavy (non-hydrogen) atoms. The van der Waals surface area contributed by atoms with Crippen LogP contribution in [0.4, 0.5) is 8.78 Å². The highest BCUT2D eigenvalue weighted by atomic mass is 19.1. The first-order chi connectivity index (χ1) is 12.4. The van der Waals surface area contributed by atoms with E-state index in [0.717, 1.165) is 17.0 Å². The Kier molecular flexibility index (Phi) is 4.81. The summed E-state index contributed by atoms with van der Waals surface area (Å²) in [4.78, 5) is 25.9. The molecule has 1 saturated heterocycles. The molecule has 7 heteroatoms. The monoisotopic (exact) mass is 359 g/mol. The molecule has 5 nitrogen and oxygen atoms in total. The lowest BCUT2D eigenvalue weighted by molar-refractivity contribution is -0.140. The zero-order valence-corrected chi connectivity index (χ0v) is 13.5. The minimum absolute atomic E-state index is 0.132. The van der Waals surface area contributed by atoms with Crippen molar-refractivity contribution < 1.29 is 28.6 Å². The van der Waals surface area contributed by atoms with Crippen molar-refractivity contribution in [2.75, 3.05) is 13.2 Å². The highest BCUT2D eigenvalue weighted by Crippen LogP contribution is 2.39. The van der Waals surface area contributed by atoms with E-state index in [1.54, 1.807) is 0 Å². The van der Waals surface area contributed by atoms with E-state index in [-0.39, 0.29) is 24.3 Å². The van der Waals surface area contributed by atoms with Crippen LogP contribution in [0.3, 0.4) is 0 Å². The average molecular weight is 359 g/mol. The van der Waals surface area contributed by atoms with Crippen LogP contribution in [-0.4, -0.2) is 40.0 Å². The molecular formula is C19H15F2NO4. The van der Waals surface area contributed by atoms with Crippen molar-refractivity contribution >= 4 is 17.4 Å². The Morgan fingerprint density at radius 2 is 1.50 bits per heavy atom. The minimum Gasteiger partial charge on any atom is -0.507 e. The first-order valence-corrected chi connectivity index (χ1v) is 7.84. The molecule has 1 aliphatic rings. The number of halogens is 2. The van der Waals surface area contributed by atoms with Crippen LogP contribution in [0, 0.1) is 11.6 Å². The Morgan fingerprint density at radius 1 is 0.962 bits per heavy atom. The summed E-state index contributed by atoms with van der Waals surface area (Å²) in [5, 5.41) is 19.8. The lowest BCUT2D eigenvalue weighted by Gasteiger charge is -2.24. The van der Waals surface area contributed by atoms with Crippen molar-refractivity contribution in [3.63, 3.8) is 0 Å². The molecule has 0 aliphatic carbocycles. The molecule has 1 aliphatic heterocycles. The third-order valence-corrected chi connectivity index (χ3v) is 4.18. The highest BCUT2D eigenvalue weighted by Gasteiger charge is 2.45. The quantitative estimate of drug-likeness (QED) is 0.499. The van der Waals surface area contributed by atoms with Gasteiger partial charge in [0.1, 0.15) is 17.4 Å². The van der Waals surface area contributed by atoms with Crippen molar-refractivity contribution in [2.24, 2.45) is 0 Å². The van der Waals surface area contributed by atoms with Gasteiger partial charge in [-0.05, 0) is 42.0 Å². The molecule has 3 rings (SSSR count). The van der Waals surface area contributed by atoms with Crippen molar-refractivity contribution in [1.29, 1.82) is 0 Å². The van der Waals surface area contributed by atoms with Gasteiger partial charge in [-0.15, -0.1) is 0 Å². The number of amides is 1. The van der Waals surface area contributed by atoms with Gasteiger partial charge in [-0.3, -0.25) is 9.59 Å². The van der Waals surface area contributed by atoms with Crippen LogP contribution < -0.4 is 0 Å². The molecule has 1 unspecified atom stereocenters. The standard InChI is InChI=1S/C19H15F2NO4/c20-13-5-1-11(2-6-13)16-15(18(25)19(26)22(16)9-10-23)17(24)12-3-7-14(21)8-4-12/h1-8,16,23-24H,9-10H2/b17-15+. The molecule has 2 N–H and O–H groups in total. The van der Waals surface area contributed by atoms with Gasteiger partial charge in [-0.1, -0.05) is 12.1 Å². The normalized spacial score (nSPS) is 19.2. The van der Waals surface area contributed by atoms with Gasteiger partial charge in [0.15, 0.2) is 0 Å². The van der Waals surface area contributed by atoms with Crippen LogP contribution in [0.15, 0.2) is 54.1 Å². The van der Waals surface area contributed by atoms with Crippen LogP contribution in [0.1, 0.15) is 17.2 Å². The second-order valence-corrected chi connectivity index (χ2v) is 5.77. The zero-order valence-electron chi connectivity index (χ0n) is 13.5. The molecule has 1 heterocycles. The van der Waals surface area contributed by atoms with Crippen LogP contribution in [0.25, 0.3) is 5.76 Å². The number of carbonyl (C=O) groups is 2. The van der Waals surface area contributed by atoms with Gasteiger partial charge in [0.25, 0.3) is 11.7 Å². The first kappa shape index (κ1) is 17.8. The molecule has 0 radical (unpaired) electrons. The Bertz CT molecular complexity index is 875. The highest BCUT2D eigenvalue weighted by molar-refractivity contribution is 6.46. The topological polar surface area (TPSA) is 77.8 Å². The van der Waals surface area contributed by atoms with Crippen molar-refractivity contribution in [3.8, 4) is 0 Å². The number of hydrogen-bond acceptors (Lipinski definition) is 4. The summed E-state index contributed by atoms with van der Waals surface area (Å²) < 4.78 is 26.4. The third-order valence-electron chi connectivity index (χ3n) is 4.18. The summed E-state index contributed by atoms with van der Waals surface area (Å²) in [7, 11) is 0. The maximum Gasteiger partial charge on any atom is 0.295 e. The number of rotatable bonds is 4. The van der Waals surface area contributed by atoms with E-state index in [0.29, 0.717) is 5.56 Å². The number of aliphatic hydroxyl groups excluding tert-OH is 2. The number of nitrogens with zero attached hydrogens (tertiary/aromatic N) is 1. The van der Waals surface area contributed by atoms with Gasteiger partial charge in [0.2, 0.25) is 0 Å². The molecule has 0 spiro atoms. The van der Waals surface area contributed by atoms with Gasteiger partial charge in [-0.25, -0.2) is 8.78 Å². The smallest absolute Gasteiger partial charge is 0.295 e. The van der Waals surface area contributed by atoms with Crippen LogP contribution >= 0.6 is 0 Å². The second-order valence-electron chi connectivity index (χ2n) is 5.77. The minimum atomic E-state index is -0.979. The number of aliphatic hydroxyl groups is 2. The Hall–Kier alpha value is -3.06. The lowest BCUT2D eigenvalue weighted by Crippen LogP contribution is -2.32. The second kappa shape index (κ2) is 7.05. The molecule has 1 fully saturated rings. The van der Waals surface area contributed by atoms with Crippen LogP contribution in [0.2, 0.25) is 0 Å². The maximum atomic E-state index is 13.2. The summed E-state index contributed by atoms with van der Waals surface area (Å²) in [6.45, 7) is -0.520. The van der Waals surface area contributed by atoms with Crippen LogP contribution in [0.5, 0.6) is 0 Å². The number of carbonyl (C=O) groups excluding carboxylic acids is 2. The molecular weight excluding hydrogens is 344 g/mol. The van der Waals surface area contributed by atoms with E-state index < -0.39 is 35.1 Å². The van der Waals surface area contributed by atoms with Crippen LogP contribution in [-0.2, 0) is 9.59 Å². The largest absolute Gasteiger partial charge is 0.507 e. The number of hydrogen-bond donors (Lipinski definition) is 2. The molecule has 134 valence electrons. The fraction of sp³-hybridized carbons (Fsp3) is 0.158. The van der Waals surface area contributed by atoms with E-state index in [2.05, 4.69) is 0 Å². The van der Waals surface area contributed by atoms with Crippen molar-refractivity contribution in [1.82, 2.24) is 4.90 Å². The van der Waals surface area contributed by atoms with E-state index in [1.807, 2.05) is 0 Å². The number of likely N-dealkylation sites (tertiary alicyclic amines) is 1. The fourth-order valence-electron chi connectivity index (χ4n) is 2.97. The van der Waals surface area contributed by atoms with Gasteiger partial charge in [0, 0.05) is 12.1 Å². The first-order valence-electron chi connectivity index (χ1n) is 7.84. The Labute approximate surface area is 147 Å². The number of β-amino-alcohol motifs (C(OH)–C–C–N with tert-alkyl or cyclic N) is 1. The average Bonchev–Trinajstić information content (AvgIpc) is 2.88.